The minimum absolute atomic E-state index is 0.178. The molecule has 0 spiro atoms. The number of hydrogen-bond acceptors (Lipinski definition) is 4. The number of piperidine rings is 1. The van der Waals surface area contributed by atoms with E-state index in [1.54, 1.807) is 0 Å². The zero-order chi connectivity index (χ0) is 17.1. The van der Waals surface area contributed by atoms with E-state index in [2.05, 4.69) is 16.1 Å². The third-order valence-corrected chi connectivity index (χ3v) is 5.08. The minimum Gasteiger partial charge on any atom is -0.468 e. The van der Waals surface area contributed by atoms with Crippen LogP contribution in [-0.4, -0.2) is 40.8 Å². The molecule has 0 saturated carbocycles. The van der Waals surface area contributed by atoms with Gasteiger partial charge in [-0.1, -0.05) is 24.3 Å². The molecule has 24 heavy (non-hydrogen) atoms. The van der Waals surface area contributed by atoms with Crippen molar-refractivity contribution in [2.75, 3.05) is 20.2 Å². The van der Waals surface area contributed by atoms with Crippen molar-refractivity contribution < 1.29 is 9.53 Å². The molecule has 1 aliphatic rings. The number of carbonyl (C=O) groups excluding carboxylic acids is 1. The van der Waals surface area contributed by atoms with Gasteiger partial charge in [-0.2, -0.15) is 5.10 Å². The molecule has 1 aromatic carbocycles. The third kappa shape index (κ3) is 3.22. The molecule has 1 aliphatic heterocycles. The highest BCUT2D eigenvalue weighted by Gasteiger charge is 2.33. The summed E-state index contributed by atoms with van der Waals surface area (Å²) in [6.07, 6.45) is 3.91. The van der Waals surface area contributed by atoms with Crippen molar-refractivity contribution in [1.29, 1.82) is 0 Å². The van der Waals surface area contributed by atoms with Gasteiger partial charge >= 0.3 is 5.97 Å². The molecule has 0 amide bonds. The maximum Gasteiger partial charge on any atom is 0.327 e. The Balaban J connectivity index is 1.78. The number of hydrogen-bond donors (Lipinski definition) is 0. The quantitative estimate of drug-likeness (QED) is 0.810. The van der Waals surface area contributed by atoms with Crippen LogP contribution in [0.15, 0.2) is 36.5 Å². The number of nitrogens with zero attached hydrogens (tertiary/aromatic N) is 3. The molecule has 2 heterocycles. The Kier molecular flexibility index (Phi) is 5.00. The normalized spacial score (nSPS) is 17.6. The molecule has 0 aliphatic carbocycles. The van der Waals surface area contributed by atoms with E-state index >= 15 is 0 Å². The van der Waals surface area contributed by atoms with E-state index in [1.807, 2.05) is 49.1 Å². The summed E-state index contributed by atoms with van der Waals surface area (Å²) >= 11 is 0. The van der Waals surface area contributed by atoms with E-state index in [9.17, 15) is 4.79 Å². The summed E-state index contributed by atoms with van der Waals surface area (Å²) in [7, 11) is 3.46. The van der Waals surface area contributed by atoms with Crippen LogP contribution in [-0.2, 0) is 16.6 Å². The van der Waals surface area contributed by atoms with Crippen LogP contribution in [0.4, 0.5) is 0 Å². The largest absolute Gasteiger partial charge is 0.468 e. The standard InChI is InChI=1S/C19H25N3O2/c1-14-6-4-5-7-16(14)18(19(23)24-3)22-12-9-15(10-13-22)17-8-11-20-21(17)2/h4-8,11,15,18H,9-10,12-13H2,1-3H3. The lowest BCUT2D eigenvalue weighted by molar-refractivity contribution is -0.147. The number of ether oxygens (including phenoxy) is 1. The number of rotatable bonds is 4. The average Bonchev–Trinajstić information content (AvgIpc) is 3.03. The molecular weight excluding hydrogens is 302 g/mol. The lowest BCUT2D eigenvalue weighted by atomic mass is 9.91. The van der Waals surface area contributed by atoms with Gasteiger partial charge in [0.05, 0.1) is 7.11 Å². The molecule has 1 fully saturated rings. The first-order valence-electron chi connectivity index (χ1n) is 8.47. The SMILES string of the molecule is COC(=O)C(c1ccccc1C)N1CCC(c2ccnn2C)CC1. The van der Waals surface area contributed by atoms with E-state index in [1.165, 1.54) is 12.8 Å². The Labute approximate surface area is 143 Å². The fourth-order valence-corrected chi connectivity index (χ4v) is 3.72. The highest BCUT2D eigenvalue weighted by atomic mass is 16.5. The lowest BCUT2D eigenvalue weighted by Gasteiger charge is -2.36. The molecule has 2 aromatic rings. The van der Waals surface area contributed by atoms with Crippen LogP contribution in [0.1, 0.15) is 41.6 Å². The minimum atomic E-state index is -0.316. The molecule has 1 aromatic heterocycles. The second kappa shape index (κ2) is 7.18. The van der Waals surface area contributed by atoms with E-state index in [0.29, 0.717) is 5.92 Å². The Morgan fingerprint density at radius 1 is 1.25 bits per heavy atom. The number of aromatic nitrogens is 2. The molecule has 0 bridgehead atoms. The number of benzene rings is 1. The van der Waals surface area contributed by atoms with Crippen molar-refractivity contribution in [3.63, 3.8) is 0 Å². The van der Waals surface area contributed by atoms with E-state index in [4.69, 9.17) is 4.74 Å². The summed E-state index contributed by atoms with van der Waals surface area (Å²) < 4.78 is 7.06. The first kappa shape index (κ1) is 16.7. The first-order chi connectivity index (χ1) is 11.6. The molecule has 1 unspecified atom stereocenters. The van der Waals surface area contributed by atoms with Gasteiger partial charge in [0, 0.05) is 24.9 Å². The Hall–Kier alpha value is -2.14. The second-order valence-electron chi connectivity index (χ2n) is 6.47. The number of esters is 1. The number of methoxy groups -OCH3 is 1. The van der Waals surface area contributed by atoms with Crippen molar-refractivity contribution >= 4 is 5.97 Å². The molecule has 3 rings (SSSR count). The van der Waals surface area contributed by atoms with Crippen LogP contribution in [0.25, 0.3) is 0 Å². The van der Waals surface area contributed by atoms with Gasteiger partial charge in [-0.3, -0.25) is 9.58 Å². The highest BCUT2D eigenvalue weighted by Crippen LogP contribution is 2.33. The van der Waals surface area contributed by atoms with E-state index in [-0.39, 0.29) is 12.0 Å². The van der Waals surface area contributed by atoms with Crippen molar-refractivity contribution in [3.05, 3.63) is 53.3 Å². The summed E-state index contributed by atoms with van der Waals surface area (Å²) in [5.74, 6) is 0.326. The van der Waals surface area contributed by atoms with E-state index < -0.39 is 0 Å². The topological polar surface area (TPSA) is 47.4 Å². The first-order valence-corrected chi connectivity index (χ1v) is 8.47. The predicted molar refractivity (Wildman–Crippen MR) is 92.7 cm³/mol. The molecule has 0 N–H and O–H groups in total. The summed E-state index contributed by atoms with van der Waals surface area (Å²) in [5, 5.41) is 4.28. The zero-order valence-electron chi connectivity index (χ0n) is 14.6. The third-order valence-electron chi connectivity index (χ3n) is 5.08. The summed E-state index contributed by atoms with van der Waals surface area (Å²) in [6.45, 7) is 3.81. The van der Waals surface area contributed by atoms with Gasteiger partial charge in [-0.15, -0.1) is 0 Å². The van der Waals surface area contributed by atoms with Crippen molar-refractivity contribution in [2.45, 2.75) is 31.7 Å². The molecular formula is C19H25N3O2. The van der Waals surface area contributed by atoms with Gasteiger partial charge in [0.25, 0.3) is 0 Å². The van der Waals surface area contributed by atoms with Crippen molar-refractivity contribution in [1.82, 2.24) is 14.7 Å². The Morgan fingerprint density at radius 2 is 1.96 bits per heavy atom. The van der Waals surface area contributed by atoms with Gasteiger partial charge < -0.3 is 4.74 Å². The van der Waals surface area contributed by atoms with Gasteiger partial charge in [-0.25, -0.2) is 4.79 Å². The fourth-order valence-electron chi connectivity index (χ4n) is 3.72. The predicted octanol–water partition coefficient (Wildman–Crippen LogP) is 2.82. The number of carbonyl (C=O) groups is 1. The number of likely N-dealkylation sites (tertiary alicyclic amines) is 1. The van der Waals surface area contributed by atoms with Crippen LogP contribution in [0.2, 0.25) is 0 Å². The lowest BCUT2D eigenvalue weighted by Crippen LogP contribution is -2.40. The summed E-state index contributed by atoms with van der Waals surface area (Å²) in [4.78, 5) is 14.7. The smallest absolute Gasteiger partial charge is 0.327 e. The molecule has 5 nitrogen and oxygen atoms in total. The summed E-state index contributed by atoms with van der Waals surface area (Å²) in [6, 6.07) is 9.85. The van der Waals surface area contributed by atoms with Crippen LogP contribution in [0.5, 0.6) is 0 Å². The Morgan fingerprint density at radius 3 is 2.54 bits per heavy atom. The van der Waals surface area contributed by atoms with Gasteiger partial charge in [0.2, 0.25) is 0 Å². The highest BCUT2D eigenvalue weighted by molar-refractivity contribution is 5.78. The fraction of sp³-hybridized carbons (Fsp3) is 0.474. The van der Waals surface area contributed by atoms with Crippen LogP contribution >= 0.6 is 0 Å². The monoisotopic (exact) mass is 327 g/mol. The van der Waals surface area contributed by atoms with Crippen molar-refractivity contribution in [3.8, 4) is 0 Å². The zero-order valence-corrected chi connectivity index (χ0v) is 14.6. The van der Waals surface area contributed by atoms with Gasteiger partial charge in [0.15, 0.2) is 0 Å². The maximum absolute atomic E-state index is 12.5. The Bertz CT molecular complexity index is 702. The molecule has 1 atom stereocenters. The van der Waals surface area contributed by atoms with Crippen molar-refractivity contribution in [2.24, 2.45) is 7.05 Å². The second-order valence-corrected chi connectivity index (χ2v) is 6.47. The van der Waals surface area contributed by atoms with Gasteiger partial charge in [0.1, 0.15) is 6.04 Å². The average molecular weight is 327 g/mol. The number of aryl methyl sites for hydroxylation is 2. The van der Waals surface area contributed by atoms with E-state index in [0.717, 1.165) is 37.1 Å². The summed E-state index contributed by atoms with van der Waals surface area (Å²) in [5.41, 5.74) is 3.45. The molecule has 128 valence electrons. The van der Waals surface area contributed by atoms with Crippen LogP contribution in [0.3, 0.4) is 0 Å². The molecule has 5 heteroatoms. The molecule has 0 radical (unpaired) electrons. The maximum atomic E-state index is 12.5. The van der Waals surface area contributed by atoms with Crippen LogP contribution < -0.4 is 0 Å². The van der Waals surface area contributed by atoms with Crippen LogP contribution in [0, 0.1) is 6.92 Å². The molecule has 1 saturated heterocycles. The van der Waals surface area contributed by atoms with Gasteiger partial charge in [-0.05, 0) is 50.0 Å².